The van der Waals surface area contributed by atoms with E-state index in [9.17, 15) is 0 Å². The van der Waals surface area contributed by atoms with E-state index in [4.69, 9.17) is 39.7 Å². The van der Waals surface area contributed by atoms with Crippen LogP contribution in [0, 0.1) is 5.92 Å². The third-order valence-electron chi connectivity index (χ3n) is 4.75. The summed E-state index contributed by atoms with van der Waals surface area (Å²) in [6.45, 7) is 3.67. The molecule has 0 saturated carbocycles. The summed E-state index contributed by atoms with van der Waals surface area (Å²) in [6, 6.07) is 7.55. The summed E-state index contributed by atoms with van der Waals surface area (Å²) in [5.41, 5.74) is 13.9. The molecule has 0 radical (unpaired) electrons. The van der Waals surface area contributed by atoms with Crippen molar-refractivity contribution in [1.29, 1.82) is 0 Å². The Morgan fingerprint density at radius 1 is 1.19 bits per heavy atom. The van der Waals surface area contributed by atoms with Gasteiger partial charge in [-0.2, -0.15) is 4.98 Å². The highest BCUT2D eigenvalue weighted by atomic mass is 35.5. The fourth-order valence-corrected chi connectivity index (χ4v) is 3.77. The average Bonchev–Trinajstić information content (AvgIpc) is 2.53. The number of benzene rings is 1. The molecule has 4 rings (SSSR count). The van der Waals surface area contributed by atoms with Crippen molar-refractivity contribution in [3.63, 3.8) is 0 Å². The summed E-state index contributed by atoms with van der Waals surface area (Å²) in [5, 5.41) is 1.92. The van der Waals surface area contributed by atoms with E-state index in [0.717, 1.165) is 35.4 Å². The fourth-order valence-electron chi connectivity index (χ4n) is 3.17. The van der Waals surface area contributed by atoms with Gasteiger partial charge in [0.05, 0.1) is 10.0 Å². The number of aromatic nitrogens is 3. The Labute approximate surface area is 161 Å². The highest BCUT2D eigenvalue weighted by molar-refractivity contribution is 6.39. The van der Waals surface area contributed by atoms with Crippen LogP contribution >= 0.6 is 23.2 Å². The average molecular weight is 389 g/mol. The standard InChI is InChI=1S/C18H18Cl2N6/c1-9(21)11-7-26(8-11)17-12(15-13(19)3-2-4-14(15)20)5-10-6-23-18(22)25-16(10)24-17/h2-6,9,11H,7-8,21H2,1H3,(H2,22,23,24,25). The van der Waals surface area contributed by atoms with Crippen LogP contribution in [0.2, 0.25) is 10.0 Å². The van der Waals surface area contributed by atoms with Crippen molar-refractivity contribution in [3.05, 3.63) is 40.5 Å². The molecule has 6 nitrogen and oxygen atoms in total. The third kappa shape index (κ3) is 2.94. The van der Waals surface area contributed by atoms with Crippen LogP contribution in [0.4, 0.5) is 11.8 Å². The van der Waals surface area contributed by atoms with Gasteiger partial charge in [0.1, 0.15) is 5.82 Å². The van der Waals surface area contributed by atoms with Gasteiger partial charge in [-0.25, -0.2) is 9.97 Å². The van der Waals surface area contributed by atoms with Gasteiger partial charge >= 0.3 is 0 Å². The number of nitrogens with two attached hydrogens (primary N) is 2. The number of anilines is 2. The maximum atomic E-state index is 6.46. The van der Waals surface area contributed by atoms with E-state index in [-0.39, 0.29) is 12.0 Å². The predicted octanol–water partition coefficient (Wildman–Crippen LogP) is 3.36. The van der Waals surface area contributed by atoms with Gasteiger partial charge in [0, 0.05) is 47.8 Å². The van der Waals surface area contributed by atoms with E-state index in [1.54, 1.807) is 6.20 Å². The van der Waals surface area contributed by atoms with Gasteiger partial charge in [-0.1, -0.05) is 29.3 Å². The van der Waals surface area contributed by atoms with E-state index in [0.29, 0.717) is 21.6 Å². The number of halogens is 2. The van der Waals surface area contributed by atoms with Crippen LogP contribution in [-0.2, 0) is 0 Å². The van der Waals surface area contributed by atoms with Crippen molar-refractivity contribution in [2.24, 2.45) is 11.7 Å². The summed E-state index contributed by atoms with van der Waals surface area (Å²) >= 11 is 12.9. The minimum atomic E-state index is 0.136. The molecule has 0 bridgehead atoms. The zero-order valence-corrected chi connectivity index (χ0v) is 15.7. The van der Waals surface area contributed by atoms with Crippen molar-refractivity contribution >= 4 is 46.0 Å². The van der Waals surface area contributed by atoms with Crippen LogP contribution in [0.3, 0.4) is 0 Å². The molecule has 0 aliphatic carbocycles. The Balaban J connectivity index is 1.90. The molecule has 1 aromatic carbocycles. The first-order valence-corrected chi connectivity index (χ1v) is 9.08. The summed E-state index contributed by atoms with van der Waals surface area (Å²) in [5.74, 6) is 1.40. The normalized spacial score (nSPS) is 15.9. The molecule has 0 spiro atoms. The second kappa shape index (κ2) is 6.54. The van der Waals surface area contributed by atoms with E-state index in [2.05, 4.69) is 14.9 Å². The topological polar surface area (TPSA) is 94.0 Å². The second-order valence-electron chi connectivity index (χ2n) is 6.62. The largest absolute Gasteiger partial charge is 0.368 e. The second-order valence-corrected chi connectivity index (χ2v) is 7.44. The quantitative estimate of drug-likeness (QED) is 0.714. The zero-order chi connectivity index (χ0) is 18.4. The van der Waals surface area contributed by atoms with Crippen LogP contribution < -0.4 is 16.4 Å². The Morgan fingerprint density at radius 3 is 2.54 bits per heavy atom. The molecule has 1 atom stereocenters. The lowest BCUT2D eigenvalue weighted by Gasteiger charge is -2.43. The monoisotopic (exact) mass is 388 g/mol. The van der Waals surface area contributed by atoms with Gasteiger partial charge in [0.2, 0.25) is 5.95 Å². The van der Waals surface area contributed by atoms with Gasteiger partial charge < -0.3 is 16.4 Å². The Kier molecular flexibility index (Phi) is 4.34. The molecule has 4 N–H and O–H groups in total. The van der Waals surface area contributed by atoms with Crippen LogP contribution in [-0.4, -0.2) is 34.1 Å². The lowest BCUT2D eigenvalue weighted by atomic mass is 9.92. The molecule has 8 heteroatoms. The van der Waals surface area contributed by atoms with Gasteiger partial charge in [-0.3, -0.25) is 0 Å². The van der Waals surface area contributed by atoms with Crippen molar-refractivity contribution in [2.75, 3.05) is 23.7 Å². The highest BCUT2D eigenvalue weighted by Gasteiger charge is 2.32. The molecule has 1 aliphatic rings. The lowest BCUT2D eigenvalue weighted by molar-refractivity contribution is 0.353. The minimum Gasteiger partial charge on any atom is -0.368 e. The zero-order valence-electron chi connectivity index (χ0n) is 14.2. The molecule has 1 fully saturated rings. The van der Waals surface area contributed by atoms with Crippen molar-refractivity contribution < 1.29 is 0 Å². The maximum absolute atomic E-state index is 6.46. The molecule has 1 aliphatic heterocycles. The number of nitrogens with zero attached hydrogens (tertiary/aromatic N) is 4. The number of fused-ring (bicyclic) bond motifs is 1. The van der Waals surface area contributed by atoms with Gasteiger partial charge in [-0.15, -0.1) is 0 Å². The van der Waals surface area contributed by atoms with E-state index < -0.39 is 0 Å². The lowest BCUT2D eigenvalue weighted by Crippen LogP contribution is -2.54. The van der Waals surface area contributed by atoms with E-state index in [1.165, 1.54) is 0 Å². The van der Waals surface area contributed by atoms with Crippen LogP contribution in [0.1, 0.15) is 6.92 Å². The molecule has 3 heterocycles. The van der Waals surface area contributed by atoms with Crippen LogP contribution in [0.5, 0.6) is 0 Å². The molecule has 3 aromatic rings. The third-order valence-corrected chi connectivity index (χ3v) is 5.38. The summed E-state index contributed by atoms with van der Waals surface area (Å²) in [7, 11) is 0. The molecular formula is C18H18Cl2N6. The summed E-state index contributed by atoms with van der Waals surface area (Å²) < 4.78 is 0. The smallest absolute Gasteiger partial charge is 0.222 e. The molecule has 1 saturated heterocycles. The first-order chi connectivity index (χ1) is 12.4. The number of hydrogen-bond donors (Lipinski definition) is 2. The van der Waals surface area contributed by atoms with Gasteiger partial charge in [-0.05, 0) is 25.1 Å². The molecule has 2 aromatic heterocycles. The molecular weight excluding hydrogens is 371 g/mol. The fraction of sp³-hybridized carbons (Fsp3) is 0.278. The van der Waals surface area contributed by atoms with Crippen LogP contribution in [0.25, 0.3) is 22.2 Å². The highest BCUT2D eigenvalue weighted by Crippen LogP contribution is 2.42. The van der Waals surface area contributed by atoms with E-state index >= 15 is 0 Å². The number of nitrogen functional groups attached to an aromatic ring is 1. The Bertz CT molecular complexity index is 965. The number of pyridine rings is 1. The summed E-state index contributed by atoms with van der Waals surface area (Å²) in [4.78, 5) is 15.2. The van der Waals surface area contributed by atoms with Gasteiger partial charge in [0.25, 0.3) is 0 Å². The molecule has 26 heavy (non-hydrogen) atoms. The molecule has 0 amide bonds. The summed E-state index contributed by atoms with van der Waals surface area (Å²) in [6.07, 6.45) is 1.66. The maximum Gasteiger partial charge on any atom is 0.222 e. The Hall–Kier alpha value is -2.15. The number of hydrogen-bond acceptors (Lipinski definition) is 6. The molecule has 1 unspecified atom stereocenters. The van der Waals surface area contributed by atoms with Gasteiger partial charge in [0.15, 0.2) is 5.65 Å². The van der Waals surface area contributed by atoms with Crippen molar-refractivity contribution in [3.8, 4) is 11.1 Å². The van der Waals surface area contributed by atoms with Crippen LogP contribution in [0.15, 0.2) is 30.5 Å². The van der Waals surface area contributed by atoms with E-state index in [1.807, 2.05) is 31.2 Å². The SMILES string of the molecule is CC(N)C1CN(c2nc3nc(N)ncc3cc2-c2c(Cl)cccc2Cl)C1. The van der Waals surface area contributed by atoms with Crippen molar-refractivity contribution in [2.45, 2.75) is 13.0 Å². The Morgan fingerprint density at radius 2 is 1.88 bits per heavy atom. The predicted molar refractivity (Wildman–Crippen MR) is 107 cm³/mol. The number of rotatable bonds is 3. The minimum absolute atomic E-state index is 0.136. The first kappa shape index (κ1) is 17.3. The molecule has 134 valence electrons. The van der Waals surface area contributed by atoms with Crippen molar-refractivity contribution in [1.82, 2.24) is 15.0 Å². The first-order valence-electron chi connectivity index (χ1n) is 8.32.